The van der Waals surface area contributed by atoms with Crippen molar-refractivity contribution in [3.63, 3.8) is 0 Å². The third-order valence-electron chi connectivity index (χ3n) is 7.99. The van der Waals surface area contributed by atoms with E-state index < -0.39 is 0 Å². The van der Waals surface area contributed by atoms with Crippen LogP contribution in [-0.2, 0) is 4.79 Å². The van der Waals surface area contributed by atoms with Gasteiger partial charge in [0.05, 0.1) is 24.4 Å². The number of ketones is 1. The number of benzene rings is 2. The first-order valence-corrected chi connectivity index (χ1v) is 15.5. The van der Waals surface area contributed by atoms with E-state index in [1.54, 1.807) is 31.4 Å². The second-order valence-electron chi connectivity index (χ2n) is 10.6. The first-order chi connectivity index (χ1) is 20.5. The van der Waals surface area contributed by atoms with Crippen molar-refractivity contribution in [3.8, 4) is 11.5 Å². The smallest absolute Gasteiger partial charge is 0.273 e. The third kappa shape index (κ3) is 6.92. The minimum atomic E-state index is -0.0439. The molecule has 1 aromatic heterocycles. The van der Waals surface area contributed by atoms with Crippen LogP contribution in [0.2, 0.25) is 0 Å². The first-order valence-electron chi connectivity index (χ1n) is 14.6. The number of carbonyl (C=O) groups excluding carboxylic acids is 3. The van der Waals surface area contributed by atoms with E-state index >= 15 is 0 Å². The number of amides is 2. The standard InChI is InChI=1S/C32H38N4O5S/c1-3-41-29-7-5-4-6-27(29)34-18-20-36(21-19-34)32(39)26-22-42-31(33-26)24-14-16-35(17-15-24)30(38)13-12-28(37)23-8-10-25(40-2)11-9-23/h4-11,22,24H,3,12-21H2,1-2H3. The van der Waals surface area contributed by atoms with Crippen molar-refractivity contribution in [2.75, 3.05) is 57.9 Å². The lowest BCUT2D eigenvalue weighted by Crippen LogP contribution is -2.49. The fourth-order valence-electron chi connectivity index (χ4n) is 5.56. The van der Waals surface area contributed by atoms with Crippen LogP contribution >= 0.6 is 11.3 Å². The zero-order valence-electron chi connectivity index (χ0n) is 24.3. The normalized spacial score (nSPS) is 15.9. The van der Waals surface area contributed by atoms with E-state index in [2.05, 4.69) is 11.0 Å². The number of piperazine rings is 1. The summed E-state index contributed by atoms with van der Waals surface area (Å²) >= 11 is 1.53. The Morgan fingerprint density at radius 1 is 0.905 bits per heavy atom. The van der Waals surface area contributed by atoms with Crippen molar-refractivity contribution in [1.29, 1.82) is 0 Å². The van der Waals surface area contributed by atoms with E-state index in [9.17, 15) is 14.4 Å². The van der Waals surface area contributed by atoms with Crippen LogP contribution in [0.15, 0.2) is 53.9 Å². The Hall–Kier alpha value is -3.92. The van der Waals surface area contributed by atoms with Crippen molar-refractivity contribution < 1.29 is 23.9 Å². The monoisotopic (exact) mass is 590 g/mol. The maximum atomic E-state index is 13.3. The summed E-state index contributed by atoms with van der Waals surface area (Å²) in [5.74, 6) is 1.74. The van der Waals surface area contributed by atoms with Gasteiger partial charge in [0.15, 0.2) is 5.78 Å². The fraction of sp³-hybridized carbons (Fsp3) is 0.438. The Morgan fingerprint density at radius 3 is 2.31 bits per heavy atom. The molecule has 0 unspecified atom stereocenters. The summed E-state index contributed by atoms with van der Waals surface area (Å²) in [7, 11) is 1.58. The molecule has 3 aromatic rings. The van der Waals surface area contributed by atoms with Gasteiger partial charge in [0.2, 0.25) is 5.91 Å². The Balaban J connectivity index is 1.07. The van der Waals surface area contributed by atoms with Crippen molar-refractivity contribution in [1.82, 2.24) is 14.8 Å². The highest BCUT2D eigenvalue weighted by molar-refractivity contribution is 7.09. The summed E-state index contributed by atoms with van der Waals surface area (Å²) in [4.78, 5) is 49.3. The van der Waals surface area contributed by atoms with E-state index in [-0.39, 0.29) is 36.4 Å². The van der Waals surface area contributed by atoms with Crippen LogP contribution in [-0.4, -0.2) is 85.4 Å². The molecule has 2 aromatic carbocycles. The molecule has 3 heterocycles. The minimum Gasteiger partial charge on any atom is -0.497 e. The summed E-state index contributed by atoms with van der Waals surface area (Å²) < 4.78 is 10.9. The molecule has 2 aliphatic rings. The number of Topliss-reactive ketones (excluding diaryl/α,β-unsaturated/α-hetero) is 1. The van der Waals surface area contributed by atoms with Crippen molar-refractivity contribution in [2.24, 2.45) is 0 Å². The average Bonchev–Trinajstić information content (AvgIpc) is 3.54. The van der Waals surface area contributed by atoms with Gasteiger partial charge in [-0.2, -0.15) is 0 Å². The number of rotatable bonds is 10. The third-order valence-corrected chi connectivity index (χ3v) is 9.00. The van der Waals surface area contributed by atoms with Crippen molar-refractivity contribution in [3.05, 3.63) is 70.2 Å². The Labute approximate surface area is 251 Å². The Kier molecular flexibility index (Phi) is 9.74. The maximum absolute atomic E-state index is 13.3. The van der Waals surface area contributed by atoms with Crippen LogP contribution in [0.25, 0.3) is 0 Å². The highest BCUT2D eigenvalue weighted by Gasteiger charge is 2.29. The fourth-order valence-corrected chi connectivity index (χ4v) is 6.52. The molecule has 9 nitrogen and oxygen atoms in total. The van der Waals surface area contributed by atoms with Crippen molar-refractivity contribution >= 4 is 34.6 Å². The quantitative estimate of drug-likeness (QED) is 0.311. The van der Waals surface area contributed by atoms with Gasteiger partial charge in [-0.25, -0.2) is 4.98 Å². The molecule has 2 aliphatic heterocycles. The SMILES string of the molecule is CCOc1ccccc1N1CCN(C(=O)c2csc(C3CCN(C(=O)CCC(=O)c4ccc(OC)cc4)CC3)n2)CC1. The van der Waals surface area contributed by atoms with Crippen LogP contribution < -0.4 is 14.4 Å². The summed E-state index contributed by atoms with van der Waals surface area (Å²) in [6.45, 7) is 6.61. The second kappa shape index (κ2) is 13.8. The number of para-hydroxylation sites is 2. The van der Waals surface area contributed by atoms with E-state index in [0.29, 0.717) is 49.8 Å². The minimum absolute atomic E-state index is 0.00772. The van der Waals surface area contributed by atoms with Gasteiger partial charge in [-0.3, -0.25) is 14.4 Å². The number of thiazole rings is 1. The molecular formula is C32H38N4O5S. The number of likely N-dealkylation sites (tertiary alicyclic amines) is 1. The molecule has 2 fully saturated rings. The molecule has 0 bridgehead atoms. The number of aromatic nitrogens is 1. The number of hydrogen-bond donors (Lipinski definition) is 0. The number of nitrogens with zero attached hydrogens (tertiary/aromatic N) is 4. The number of anilines is 1. The highest BCUT2D eigenvalue weighted by Crippen LogP contribution is 2.32. The molecule has 0 radical (unpaired) electrons. The van der Waals surface area contributed by atoms with Gasteiger partial charge in [0.25, 0.3) is 5.91 Å². The predicted molar refractivity (Wildman–Crippen MR) is 163 cm³/mol. The zero-order chi connectivity index (χ0) is 29.5. The summed E-state index contributed by atoms with van der Waals surface area (Å²) in [5.41, 5.74) is 2.16. The molecule has 2 amide bonds. The van der Waals surface area contributed by atoms with E-state index in [1.165, 1.54) is 11.3 Å². The molecule has 5 rings (SSSR count). The van der Waals surface area contributed by atoms with Gasteiger partial charge >= 0.3 is 0 Å². The van der Waals surface area contributed by atoms with Crippen LogP contribution in [0.4, 0.5) is 5.69 Å². The van der Waals surface area contributed by atoms with Gasteiger partial charge in [-0.1, -0.05) is 12.1 Å². The molecule has 2 saturated heterocycles. The lowest BCUT2D eigenvalue weighted by molar-refractivity contribution is -0.132. The average molecular weight is 591 g/mol. The lowest BCUT2D eigenvalue weighted by atomic mass is 9.97. The first kappa shape index (κ1) is 29.6. The zero-order valence-corrected chi connectivity index (χ0v) is 25.1. The number of ether oxygens (including phenoxy) is 2. The summed E-state index contributed by atoms with van der Waals surface area (Å²) in [5, 5.41) is 2.83. The Bertz CT molecular complexity index is 1380. The van der Waals surface area contributed by atoms with Crippen LogP contribution in [0.5, 0.6) is 11.5 Å². The summed E-state index contributed by atoms with van der Waals surface area (Å²) in [6, 6.07) is 15.0. The topological polar surface area (TPSA) is 92.3 Å². The highest BCUT2D eigenvalue weighted by atomic mass is 32.1. The number of methoxy groups -OCH3 is 1. The molecular weight excluding hydrogens is 552 g/mol. The van der Waals surface area contributed by atoms with Crippen LogP contribution in [0.1, 0.15) is 64.4 Å². The summed E-state index contributed by atoms with van der Waals surface area (Å²) in [6.07, 6.45) is 2.00. The van der Waals surface area contributed by atoms with Gasteiger partial charge < -0.3 is 24.2 Å². The molecule has 10 heteroatoms. The van der Waals surface area contributed by atoms with E-state index in [0.717, 1.165) is 42.4 Å². The van der Waals surface area contributed by atoms with E-state index in [4.69, 9.17) is 14.5 Å². The second-order valence-corrected chi connectivity index (χ2v) is 11.4. The van der Waals surface area contributed by atoms with Gasteiger partial charge in [0, 0.05) is 69.0 Å². The molecule has 222 valence electrons. The molecule has 42 heavy (non-hydrogen) atoms. The van der Waals surface area contributed by atoms with Crippen molar-refractivity contribution in [2.45, 2.75) is 38.5 Å². The number of piperidine rings is 1. The predicted octanol–water partition coefficient (Wildman–Crippen LogP) is 4.88. The number of hydrogen-bond acceptors (Lipinski definition) is 8. The molecule has 0 saturated carbocycles. The van der Waals surface area contributed by atoms with Gasteiger partial charge in [-0.15, -0.1) is 11.3 Å². The lowest BCUT2D eigenvalue weighted by Gasteiger charge is -2.36. The maximum Gasteiger partial charge on any atom is 0.273 e. The molecule has 0 N–H and O–H groups in total. The molecule has 0 atom stereocenters. The van der Waals surface area contributed by atoms with E-state index in [1.807, 2.05) is 40.3 Å². The largest absolute Gasteiger partial charge is 0.497 e. The molecule has 0 aliphatic carbocycles. The van der Waals surface area contributed by atoms with Gasteiger partial charge in [0.1, 0.15) is 17.2 Å². The number of carbonyl (C=O) groups is 3. The van der Waals surface area contributed by atoms with Crippen LogP contribution in [0, 0.1) is 0 Å². The van der Waals surface area contributed by atoms with Gasteiger partial charge in [-0.05, 0) is 56.2 Å². The molecule has 0 spiro atoms. The Morgan fingerprint density at radius 2 is 1.62 bits per heavy atom. The van der Waals surface area contributed by atoms with Crippen LogP contribution in [0.3, 0.4) is 0 Å².